The molecule has 1 amide bonds. The smallest absolute Gasteiger partial charge is 0.326 e. The number of nitrogens with zero attached hydrogens (tertiary/aromatic N) is 1. The molecule has 16 heavy (non-hydrogen) atoms. The second-order valence-electron chi connectivity index (χ2n) is 4.83. The number of carbonyl (C=O) groups is 2. The SMILES string of the molecule is NCC1(C(=O)N2CCC[C@@H]2C(=O)O)CCC1. The van der Waals surface area contributed by atoms with Crippen molar-refractivity contribution in [1.82, 2.24) is 4.90 Å². The molecule has 0 aromatic rings. The van der Waals surface area contributed by atoms with Gasteiger partial charge in [0.25, 0.3) is 0 Å². The molecule has 1 saturated heterocycles. The molecule has 1 aliphatic heterocycles. The molecule has 1 atom stereocenters. The van der Waals surface area contributed by atoms with Crippen LogP contribution in [0, 0.1) is 5.41 Å². The van der Waals surface area contributed by atoms with Gasteiger partial charge in [-0.25, -0.2) is 4.79 Å². The molecule has 2 aliphatic rings. The van der Waals surface area contributed by atoms with E-state index in [1.165, 1.54) is 4.90 Å². The number of carboxylic acid groups (broad SMARTS) is 1. The predicted octanol–water partition coefficient (Wildman–Crippen LogP) is 0.191. The molecule has 0 bridgehead atoms. The molecule has 1 aliphatic carbocycles. The lowest BCUT2D eigenvalue weighted by molar-refractivity contribution is -0.155. The van der Waals surface area contributed by atoms with Gasteiger partial charge in [0.15, 0.2) is 0 Å². The summed E-state index contributed by atoms with van der Waals surface area (Å²) in [7, 11) is 0. The van der Waals surface area contributed by atoms with Crippen molar-refractivity contribution >= 4 is 11.9 Å². The number of carboxylic acids is 1. The Morgan fingerprint density at radius 1 is 1.38 bits per heavy atom. The normalized spacial score (nSPS) is 27.6. The average molecular weight is 226 g/mol. The molecule has 0 spiro atoms. The summed E-state index contributed by atoms with van der Waals surface area (Å²) in [5.41, 5.74) is 5.22. The number of rotatable bonds is 3. The first-order valence-corrected chi connectivity index (χ1v) is 5.85. The highest BCUT2D eigenvalue weighted by molar-refractivity contribution is 5.88. The van der Waals surface area contributed by atoms with E-state index in [4.69, 9.17) is 10.8 Å². The second kappa shape index (κ2) is 4.05. The Balaban J connectivity index is 2.12. The van der Waals surface area contributed by atoms with Crippen LogP contribution in [-0.4, -0.2) is 41.0 Å². The largest absolute Gasteiger partial charge is 0.480 e. The molecule has 5 nitrogen and oxygen atoms in total. The van der Waals surface area contributed by atoms with Crippen molar-refractivity contribution in [3.8, 4) is 0 Å². The highest BCUT2D eigenvalue weighted by atomic mass is 16.4. The number of carbonyl (C=O) groups excluding carboxylic acids is 1. The van der Waals surface area contributed by atoms with Gasteiger partial charge >= 0.3 is 5.97 Å². The lowest BCUT2D eigenvalue weighted by Crippen LogP contribution is -2.54. The Hall–Kier alpha value is -1.10. The third-order valence-corrected chi connectivity index (χ3v) is 3.95. The molecule has 5 heteroatoms. The predicted molar refractivity (Wildman–Crippen MR) is 57.7 cm³/mol. The summed E-state index contributed by atoms with van der Waals surface area (Å²) in [5, 5.41) is 9.04. The lowest BCUT2D eigenvalue weighted by atomic mass is 9.67. The van der Waals surface area contributed by atoms with E-state index in [1.54, 1.807) is 0 Å². The van der Waals surface area contributed by atoms with E-state index in [9.17, 15) is 9.59 Å². The van der Waals surface area contributed by atoms with Crippen LogP contribution in [0.2, 0.25) is 0 Å². The topological polar surface area (TPSA) is 83.6 Å². The molecule has 2 fully saturated rings. The van der Waals surface area contributed by atoms with Gasteiger partial charge in [-0.3, -0.25) is 4.79 Å². The zero-order valence-electron chi connectivity index (χ0n) is 9.32. The first kappa shape index (κ1) is 11.4. The maximum absolute atomic E-state index is 12.3. The van der Waals surface area contributed by atoms with Gasteiger partial charge in [-0.15, -0.1) is 0 Å². The van der Waals surface area contributed by atoms with Crippen LogP contribution in [0.25, 0.3) is 0 Å². The fourth-order valence-electron chi connectivity index (χ4n) is 2.68. The number of nitrogens with two attached hydrogens (primary N) is 1. The van der Waals surface area contributed by atoms with Gasteiger partial charge in [-0.05, 0) is 25.7 Å². The van der Waals surface area contributed by atoms with E-state index >= 15 is 0 Å². The van der Waals surface area contributed by atoms with Crippen LogP contribution in [0.1, 0.15) is 32.1 Å². The molecule has 0 radical (unpaired) electrons. The van der Waals surface area contributed by atoms with Gasteiger partial charge in [0.1, 0.15) is 6.04 Å². The molecule has 0 aromatic carbocycles. The van der Waals surface area contributed by atoms with Gasteiger partial charge in [0.2, 0.25) is 5.91 Å². The zero-order chi connectivity index (χ0) is 11.8. The Labute approximate surface area is 94.6 Å². The molecular formula is C11H18N2O3. The summed E-state index contributed by atoms with van der Waals surface area (Å²) in [6.07, 6.45) is 4.00. The van der Waals surface area contributed by atoms with Crippen molar-refractivity contribution in [2.75, 3.05) is 13.1 Å². The Morgan fingerprint density at radius 3 is 2.50 bits per heavy atom. The van der Waals surface area contributed by atoms with Crippen molar-refractivity contribution in [2.45, 2.75) is 38.1 Å². The highest BCUT2D eigenvalue weighted by Gasteiger charge is 2.48. The Morgan fingerprint density at radius 2 is 2.06 bits per heavy atom. The maximum Gasteiger partial charge on any atom is 0.326 e. The molecule has 1 saturated carbocycles. The van der Waals surface area contributed by atoms with Crippen LogP contribution < -0.4 is 5.73 Å². The minimum Gasteiger partial charge on any atom is -0.480 e. The molecule has 90 valence electrons. The van der Waals surface area contributed by atoms with Gasteiger partial charge < -0.3 is 15.7 Å². The average Bonchev–Trinajstić information content (AvgIpc) is 2.64. The number of hydrogen-bond acceptors (Lipinski definition) is 3. The summed E-state index contributed by atoms with van der Waals surface area (Å²) >= 11 is 0. The number of hydrogen-bond donors (Lipinski definition) is 2. The van der Waals surface area contributed by atoms with Crippen molar-refractivity contribution in [3.05, 3.63) is 0 Å². The maximum atomic E-state index is 12.3. The third-order valence-electron chi connectivity index (χ3n) is 3.95. The van der Waals surface area contributed by atoms with Crippen molar-refractivity contribution in [1.29, 1.82) is 0 Å². The fraction of sp³-hybridized carbons (Fsp3) is 0.818. The lowest BCUT2D eigenvalue weighted by Gasteiger charge is -2.42. The van der Waals surface area contributed by atoms with Crippen molar-refractivity contribution < 1.29 is 14.7 Å². The minimum atomic E-state index is -0.891. The standard InChI is InChI=1S/C11H18N2O3/c12-7-11(4-2-5-11)10(16)13-6-1-3-8(13)9(14)15/h8H,1-7,12H2,(H,14,15)/t8-/m1/s1. The van der Waals surface area contributed by atoms with Crippen LogP contribution in [0.15, 0.2) is 0 Å². The number of amides is 1. The number of aliphatic carboxylic acids is 1. The van der Waals surface area contributed by atoms with Crippen LogP contribution in [0.3, 0.4) is 0 Å². The summed E-state index contributed by atoms with van der Waals surface area (Å²) in [6, 6.07) is -0.628. The van der Waals surface area contributed by atoms with E-state index in [2.05, 4.69) is 0 Å². The number of likely N-dealkylation sites (tertiary alicyclic amines) is 1. The molecule has 2 rings (SSSR count). The third kappa shape index (κ3) is 1.59. The van der Waals surface area contributed by atoms with E-state index < -0.39 is 17.4 Å². The van der Waals surface area contributed by atoms with E-state index in [0.717, 1.165) is 25.7 Å². The summed E-state index contributed by atoms with van der Waals surface area (Å²) < 4.78 is 0. The first-order valence-electron chi connectivity index (χ1n) is 5.85. The van der Waals surface area contributed by atoms with Gasteiger partial charge in [0.05, 0.1) is 5.41 Å². The molecule has 0 aromatic heterocycles. The van der Waals surface area contributed by atoms with Crippen LogP contribution in [0.4, 0.5) is 0 Å². The second-order valence-corrected chi connectivity index (χ2v) is 4.83. The van der Waals surface area contributed by atoms with E-state index in [-0.39, 0.29) is 5.91 Å². The molecule has 3 N–H and O–H groups in total. The van der Waals surface area contributed by atoms with Crippen LogP contribution in [-0.2, 0) is 9.59 Å². The fourth-order valence-corrected chi connectivity index (χ4v) is 2.68. The van der Waals surface area contributed by atoms with Crippen molar-refractivity contribution in [2.24, 2.45) is 11.1 Å². The van der Waals surface area contributed by atoms with Crippen LogP contribution >= 0.6 is 0 Å². The molecule has 0 unspecified atom stereocenters. The highest BCUT2D eigenvalue weighted by Crippen LogP contribution is 2.42. The molecule has 1 heterocycles. The molecular weight excluding hydrogens is 208 g/mol. The summed E-state index contributed by atoms with van der Waals surface area (Å²) in [5.74, 6) is -0.927. The van der Waals surface area contributed by atoms with Gasteiger partial charge in [-0.2, -0.15) is 0 Å². The first-order chi connectivity index (χ1) is 7.60. The summed E-state index contributed by atoms with van der Waals surface area (Å²) in [4.78, 5) is 24.8. The van der Waals surface area contributed by atoms with Gasteiger partial charge in [-0.1, -0.05) is 6.42 Å². The quantitative estimate of drug-likeness (QED) is 0.719. The van der Waals surface area contributed by atoms with Crippen molar-refractivity contribution in [3.63, 3.8) is 0 Å². The zero-order valence-corrected chi connectivity index (χ0v) is 9.32. The Bertz CT molecular complexity index is 307. The Kier molecular flexibility index (Phi) is 2.88. The minimum absolute atomic E-state index is 0.0360. The monoisotopic (exact) mass is 226 g/mol. The van der Waals surface area contributed by atoms with Crippen LogP contribution in [0.5, 0.6) is 0 Å². The van der Waals surface area contributed by atoms with E-state index in [0.29, 0.717) is 19.5 Å². The van der Waals surface area contributed by atoms with E-state index in [1.807, 2.05) is 0 Å². The summed E-state index contributed by atoms with van der Waals surface area (Å²) in [6.45, 7) is 0.909. The van der Waals surface area contributed by atoms with Gasteiger partial charge in [0, 0.05) is 13.1 Å².